The van der Waals surface area contributed by atoms with Crippen molar-refractivity contribution in [1.82, 2.24) is 5.32 Å². The molecule has 22 heavy (non-hydrogen) atoms. The zero-order chi connectivity index (χ0) is 15.1. The van der Waals surface area contributed by atoms with E-state index in [9.17, 15) is 5.11 Å². The summed E-state index contributed by atoms with van der Waals surface area (Å²) in [5.41, 5.74) is 0.785. The van der Waals surface area contributed by atoms with E-state index in [0.717, 1.165) is 43.1 Å². The van der Waals surface area contributed by atoms with Gasteiger partial charge in [0, 0.05) is 12.0 Å². The molecule has 0 spiro atoms. The summed E-state index contributed by atoms with van der Waals surface area (Å²) in [7, 11) is 0. The van der Waals surface area contributed by atoms with Crippen molar-refractivity contribution in [2.24, 2.45) is 34.5 Å². The molecule has 5 rings (SSSR count). The van der Waals surface area contributed by atoms with E-state index >= 15 is 0 Å². The molecule has 3 heteroatoms. The van der Waals surface area contributed by atoms with Gasteiger partial charge < -0.3 is 9.84 Å². The van der Waals surface area contributed by atoms with Gasteiger partial charge in [0.25, 0.3) is 0 Å². The minimum Gasteiger partial charge on any atom is -0.393 e. The van der Waals surface area contributed by atoms with Gasteiger partial charge >= 0.3 is 0 Å². The normalized spacial score (nSPS) is 63.1. The van der Waals surface area contributed by atoms with Gasteiger partial charge in [-0.1, -0.05) is 13.8 Å². The van der Waals surface area contributed by atoms with Gasteiger partial charge in [-0.25, -0.2) is 0 Å². The molecular weight excluding hydrogens is 274 g/mol. The summed E-state index contributed by atoms with van der Waals surface area (Å²) in [5, 5.41) is 13.9. The van der Waals surface area contributed by atoms with Gasteiger partial charge in [0.15, 0.2) is 0 Å². The fourth-order valence-electron chi connectivity index (χ4n) is 7.66. The first-order valence-electron chi connectivity index (χ1n) is 9.57. The van der Waals surface area contributed by atoms with Crippen molar-refractivity contribution in [2.75, 3.05) is 6.54 Å². The van der Waals surface area contributed by atoms with Gasteiger partial charge in [-0.3, -0.25) is 5.32 Å². The van der Waals surface area contributed by atoms with Crippen LogP contribution >= 0.6 is 0 Å². The maximum absolute atomic E-state index is 10.3. The van der Waals surface area contributed by atoms with Crippen LogP contribution in [0.5, 0.6) is 0 Å². The van der Waals surface area contributed by atoms with Crippen molar-refractivity contribution in [3.05, 3.63) is 0 Å². The molecule has 0 radical (unpaired) electrons. The molecule has 5 fully saturated rings. The van der Waals surface area contributed by atoms with Crippen molar-refractivity contribution in [3.63, 3.8) is 0 Å². The molecule has 0 amide bonds. The quantitative estimate of drug-likeness (QED) is 0.723. The summed E-state index contributed by atoms with van der Waals surface area (Å²) in [6, 6.07) is 0. The zero-order valence-corrected chi connectivity index (χ0v) is 14.1. The van der Waals surface area contributed by atoms with Crippen LogP contribution in [0.3, 0.4) is 0 Å². The van der Waals surface area contributed by atoms with Crippen LogP contribution in [0, 0.1) is 34.5 Å². The van der Waals surface area contributed by atoms with Gasteiger partial charge in [0.1, 0.15) is 6.23 Å². The molecule has 2 heterocycles. The van der Waals surface area contributed by atoms with Crippen LogP contribution in [0.1, 0.15) is 58.8 Å². The summed E-state index contributed by atoms with van der Waals surface area (Å²) >= 11 is 0. The first-order chi connectivity index (χ1) is 10.5. The van der Waals surface area contributed by atoms with E-state index in [1.165, 1.54) is 32.1 Å². The second-order valence-electron chi connectivity index (χ2n) is 9.56. The lowest BCUT2D eigenvalue weighted by Gasteiger charge is -2.61. The van der Waals surface area contributed by atoms with E-state index in [2.05, 4.69) is 19.2 Å². The Bertz CT molecular complexity index is 482. The van der Waals surface area contributed by atoms with Crippen LogP contribution in [0.15, 0.2) is 0 Å². The Kier molecular flexibility index (Phi) is 2.91. The summed E-state index contributed by atoms with van der Waals surface area (Å²) in [6.07, 6.45) is 9.52. The number of fused-ring (bicyclic) bond motifs is 8. The number of aliphatic hydroxyl groups is 1. The molecule has 3 nitrogen and oxygen atoms in total. The van der Waals surface area contributed by atoms with Crippen LogP contribution < -0.4 is 5.32 Å². The number of hydrogen-bond donors (Lipinski definition) is 2. The number of ether oxygens (including phenoxy) is 1. The van der Waals surface area contributed by atoms with Crippen molar-refractivity contribution in [1.29, 1.82) is 0 Å². The monoisotopic (exact) mass is 305 g/mol. The van der Waals surface area contributed by atoms with Crippen LogP contribution in [-0.2, 0) is 4.74 Å². The van der Waals surface area contributed by atoms with Gasteiger partial charge in [-0.2, -0.15) is 0 Å². The Labute approximate surface area is 134 Å². The summed E-state index contributed by atoms with van der Waals surface area (Å²) in [4.78, 5) is 0. The molecular formula is C19H31NO2. The molecule has 5 aliphatic rings. The lowest BCUT2D eigenvalue weighted by Crippen LogP contribution is -2.58. The number of aliphatic hydroxyl groups excluding tert-OH is 1. The summed E-state index contributed by atoms with van der Waals surface area (Å²) in [6.45, 7) is 6.07. The lowest BCUT2D eigenvalue weighted by atomic mass is 9.46. The second-order valence-corrected chi connectivity index (χ2v) is 9.56. The fraction of sp³-hybridized carbons (Fsp3) is 1.00. The maximum atomic E-state index is 10.3. The number of rotatable bonds is 0. The van der Waals surface area contributed by atoms with Gasteiger partial charge in [-0.05, 0) is 74.0 Å². The van der Waals surface area contributed by atoms with Gasteiger partial charge in [0.2, 0.25) is 0 Å². The largest absolute Gasteiger partial charge is 0.393 e. The smallest absolute Gasteiger partial charge is 0.108 e. The molecule has 0 aromatic rings. The van der Waals surface area contributed by atoms with Crippen molar-refractivity contribution in [2.45, 2.75) is 77.2 Å². The predicted molar refractivity (Wildman–Crippen MR) is 85.2 cm³/mol. The first-order valence-corrected chi connectivity index (χ1v) is 9.57. The molecule has 0 aromatic carbocycles. The third kappa shape index (κ3) is 1.68. The first kappa shape index (κ1) is 14.2. The number of hydrogen-bond acceptors (Lipinski definition) is 3. The van der Waals surface area contributed by atoms with Crippen LogP contribution in [-0.4, -0.2) is 30.1 Å². The minimum absolute atomic E-state index is 0.0422. The summed E-state index contributed by atoms with van der Waals surface area (Å²) < 4.78 is 6.32. The maximum Gasteiger partial charge on any atom is 0.108 e. The number of nitrogens with one attached hydrogen (secondary N) is 1. The Hall–Kier alpha value is -0.120. The topological polar surface area (TPSA) is 41.5 Å². The predicted octanol–water partition coefficient (Wildman–Crippen LogP) is 2.92. The Morgan fingerprint density at radius 3 is 2.82 bits per heavy atom. The van der Waals surface area contributed by atoms with E-state index in [4.69, 9.17) is 4.74 Å². The van der Waals surface area contributed by atoms with Crippen LogP contribution in [0.2, 0.25) is 0 Å². The van der Waals surface area contributed by atoms with E-state index in [1.807, 2.05) is 0 Å². The average Bonchev–Trinajstić information content (AvgIpc) is 3.02. The average molecular weight is 305 g/mol. The molecule has 2 aliphatic heterocycles. The highest BCUT2D eigenvalue weighted by atomic mass is 16.5. The minimum atomic E-state index is -0.0422. The molecule has 2 N–H and O–H groups in total. The molecule has 3 saturated carbocycles. The van der Waals surface area contributed by atoms with Gasteiger partial charge in [-0.15, -0.1) is 0 Å². The Morgan fingerprint density at radius 1 is 1.09 bits per heavy atom. The van der Waals surface area contributed by atoms with E-state index in [1.54, 1.807) is 0 Å². The third-order valence-electron chi connectivity index (χ3n) is 8.76. The highest BCUT2D eigenvalue weighted by Gasteiger charge is 2.63. The molecule has 9 atom stereocenters. The van der Waals surface area contributed by atoms with Crippen molar-refractivity contribution in [3.8, 4) is 0 Å². The third-order valence-corrected chi connectivity index (χ3v) is 8.76. The molecule has 3 aliphatic carbocycles. The highest BCUT2D eigenvalue weighted by molar-refractivity contribution is 5.12. The van der Waals surface area contributed by atoms with Crippen LogP contribution in [0.4, 0.5) is 0 Å². The molecule has 0 aromatic heterocycles. The van der Waals surface area contributed by atoms with Crippen LogP contribution in [0.25, 0.3) is 0 Å². The Morgan fingerprint density at radius 2 is 1.95 bits per heavy atom. The lowest BCUT2D eigenvalue weighted by molar-refractivity contribution is -0.190. The standard InChI is InChI=1S/C19H31NO2/c1-18-6-5-14-13(15(18)8-12(21)9-18)4-3-11-7-17-20-10-16(22-17)19(11,14)2/h11-17,20-21H,3-10H2,1-2H3/t11-,12+,13-,14+,15+,16+,17?,18-,19+/m1/s1. The molecule has 2 bridgehead atoms. The molecule has 124 valence electrons. The fourth-order valence-corrected chi connectivity index (χ4v) is 7.66. The molecule has 1 unspecified atom stereocenters. The second kappa shape index (κ2) is 4.49. The van der Waals surface area contributed by atoms with E-state index in [-0.39, 0.29) is 6.10 Å². The summed E-state index contributed by atoms with van der Waals surface area (Å²) in [5.74, 6) is 3.26. The zero-order valence-electron chi connectivity index (χ0n) is 14.1. The van der Waals surface area contributed by atoms with Gasteiger partial charge in [0.05, 0.1) is 12.2 Å². The van der Waals surface area contributed by atoms with Crippen molar-refractivity contribution >= 4 is 0 Å². The Balaban J connectivity index is 1.50. The molecule has 2 saturated heterocycles. The van der Waals surface area contributed by atoms with E-state index in [0.29, 0.717) is 23.2 Å². The van der Waals surface area contributed by atoms with Crippen molar-refractivity contribution < 1.29 is 9.84 Å². The SMILES string of the molecule is C[C@]12CC[C@H]3[C@@H](CC[C@@H]4CC5NC[C@H](O5)[C@@]43C)[C@@H]1C[C@H](O)C2. The highest BCUT2D eigenvalue weighted by Crippen LogP contribution is 2.66. The van der Waals surface area contributed by atoms with E-state index < -0.39 is 0 Å².